The van der Waals surface area contributed by atoms with E-state index in [0.29, 0.717) is 11.3 Å². The molecule has 0 saturated heterocycles. The minimum absolute atomic E-state index is 0.0148. The van der Waals surface area contributed by atoms with Gasteiger partial charge in [-0.3, -0.25) is 4.90 Å². The van der Waals surface area contributed by atoms with E-state index in [0.717, 1.165) is 12.1 Å². The highest BCUT2D eigenvalue weighted by Crippen LogP contribution is 2.37. The number of aromatic carboxylic acids is 1. The van der Waals surface area contributed by atoms with Crippen molar-refractivity contribution >= 4 is 17.7 Å². The Labute approximate surface area is 154 Å². The second kappa shape index (κ2) is 6.86. The lowest BCUT2D eigenvalue weighted by Crippen LogP contribution is -2.46. The minimum Gasteiger partial charge on any atom is -0.497 e. The molecule has 2 aromatic carbocycles. The van der Waals surface area contributed by atoms with Crippen LogP contribution in [0, 0.1) is 11.6 Å². The SMILES string of the molecule is COc1cc(F)c(CN2C(=O)N(C)C(C)c3ccc(C(=O)O)cc32)c(F)c1. The lowest BCUT2D eigenvalue weighted by molar-refractivity contribution is 0.0696. The number of amides is 2. The van der Waals surface area contributed by atoms with Crippen molar-refractivity contribution in [3.8, 4) is 5.75 Å². The summed E-state index contributed by atoms with van der Waals surface area (Å²) in [6.07, 6.45) is 0. The molecular weight excluding hydrogens is 358 g/mol. The van der Waals surface area contributed by atoms with Crippen LogP contribution in [0.1, 0.15) is 34.5 Å². The van der Waals surface area contributed by atoms with E-state index >= 15 is 0 Å². The number of urea groups is 1. The summed E-state index contributed by atoms with van der Waals surface area (Å²) in [6, 6.07) is 5.68. The molecule has 1 aliphatic heterocycles. The molecule has 0 aromatic heterocycles. The zero-order valence-electron chi connectivity index (χ0n) is 15.0. The summed E-state index contributed by atoms with van der Waals surface area (Å²) in [5.41, 5.74) is 0.689. The number of carboxylic acids is 1. The van der Waals surface area contributed by atoms with Gasteiger partial charge in [-0.05, 0) is 24.6 Å². The quantitative estimate of drug-likeness (QED) is 0.881. The maximum Gasteiger partial charge on any atom is 0.335 e. The molecule has 2 amide bonds. The Kier molecular flexibility index (Phi) is 4.73. The maximum atomic E-state index is 14.4. The highest BCUT2D eigenvalue weighted by Gasteiger charge is 2.34. The standard InChI is InChI=1S/C19H18F2N2O4/c1-10-13-5-4-11(18(24)25)6-17(13)23(19(26)22(10)2)9-14-15(20)7-12(27-3)8-16(14)21/h4-8,10H,9H2,1-3H3,(H,24,25). The van der Waals surface area contributed by atoms with Crippen molar-refractivity contribution in [3.05, 3.63) is 58.7 Å². The van der Waals surface area contributed by atoms with Crippen LogP contribution in [-0.4, -0.2) is 36.2 Å². The summed E-state index contributed by atoms with van der Waals surface area (Å²) in [7, 11) is 2.87. The van der Waals surface area contributed by atoms with Gasteiger partial charge in [0.15, 0.2) is 0 Å². The van der Waals surface area contributed by atoms with Crippen LogP contribution < -0.4 is 9.64 Å². The Morgan fingerprint density at radius 1 is 1.22 bits per heavy atom. The van der Waals surface area contributed by atoms with Crippen LogP contribution in [0.2, 0.25) is 0 Å². The van der Waals surface area contributed by atoms with E-state index < -0.39 is 23.6 Å². The number of anilines is 1. The lowest BCUT2D eigenvalue weighted by Gasteiger charge is -2.39. The van der Waals surface area contributed by atoms with Crippen LogP contribution in [0.25, 0.3) is 0 Å². The number of carboxylic acid groups (broad SMARTS) is 1. The number of benzene rings is 2. The largest absolute Gasteiger partial charge is 0.497 e. The third-order valence-corrected chi connectivity index (χ3v) is 4.80. The molecule has 6 nitrogen and oxygen atoms in total. The van der Waals surface area contributed by atoms with Gasteiger partial charge < -0.3 is 14.7 Å². The van der Waals surface area contributed by atoms with Crippen molar-refractivity contribution in [1.29, 1.82) is 0 Å². The molecule has 2 aromatic rings. The zero-order valence-corrected chi connectivity index (χ0v) is 15.0. The normalized spacial score (nSPS) is 16.3. The molecule has 0 bridgehead atoms. The van der Waals surface area contributed by atoms with Crippen LogP contribution in [0.4, 0.5) is 19.3 Å². The van der Waals surface area contributed by atoms with Crippen molar-refractivity contribution in [2.45, 2.75) is 19.5 Å². The van der Waals surface area contributed by atoms with E-state index in [1.54, 1.807) is 20.0 Å². The number of rotatable bonds is 4. The third-order valence-electron chi connectivity index (χ3n) is 4.80. The molecule has 27 heavy (non-hydrogen) atoms. The summed E-state index contributed by atoms with van der Waals surface area (Å²) in [4.78, 5) is 26.7. The van der Waals surface area contributed by atoms with Crippen LogP contribution in [0.5, 0.6) is 5.75 Å². The first-order valence-electron chi connectivity index (χ1n) is 8.18. The highest BCUT2D eigenvalue weighted by atomic mass is 19.1. The van der Waals surface area contributed by atoms with E-state index in [9.17, 15) is 23.5 Å². The Morgan fingerprint density at radius 2 is 1.85 bits per heavy atom. The molecule has 1 unspecified atom stereocenters. The number of hydrogen-bond donors (Lipinski definition) is 1. The molecule has 1 aliphatic rings. The van der Waals surface area contributed by atoms with Gasteiger partial charge in [0.1, 0.15) is 17.4 Å². The first-order valence-corrected chi connectivity index (χ1v) is 8.18. The van der Waals surface area contributed by atoms with E-state index in [4.69, 9.17) is 4.74 Å². The number of fused-ring (bicyclic) bond motifs is 1. The molecule has 142 valence electrons. The van der Waals surface area contributed by atoms with Crippen molar-refractivity contribution in [2.75, 3.05) is 19.1 Å². The smallest absolute Gasteiger partial charge is 0.335 e. The predicted octanol–water partition coefficient (Wildman–Crippen LogP) is 3.80. The summed E-state index contributed by atoms with van der Waals surface area (Å²) < 4.78 is 33.6. The predicted molar refractivity (Wildman–Crippen MR) is 94.1 cm³/mol. The molecule has 0 saturated carbocycles. The van der Waals surface area contributed by atoms with Crippen LogP contribution in [-0.2, 0) is 6.54 Å². The van der Waals surface area contributed by atoms with Crippen molar-refractivity contribution in [1.82, 2.24) is 4.90 Å². The van der Waals surface area contributed by atoms with E-state index in [1.165, 1.54) is 29.0 Å². The Bertz CT molecular complexity index is 909. The number of carbonyl (C=O) groups excluding carboxylic acids is 1. The van der Waals surface area contributed by atoms with E-state index in [1.807, 2.05) is 0 Å². The van der Waals surface area contributed by atoms with Gasteiger partial charge >= 0.3 is 12.0 Å². The molecule has 0 fully saturated rings. The first kappa shape index (κ1) is 18.6. The fourth-order valence-corrected chi connectivity index (χ4v) is 3.09. The fraction of sp³-hybridized carbons (Fsp3) is 0.263. The van der Waals surface area contributed by atoms with Gasteiger partial charge in [0, 0.05) is 24.7 Å². The monoisotopic (exact) mass is 376 g/mol. The van der Waals surface area contributed by atoms with Gasteiger partial charge in [-0.2, -0.15) is 0 Å². The van der Waals surface area contributed by atoms with Gasteiger partial charge in [-0.25, -0.2) is 18.4 Å². The van der Waals surface area contributed by atoms with Gasteiger partial charge in [-0.1, -0.05) is 6.07 Å². The van der Waals surface area contributed by atoms with Gasteiger partial charge in [0.25, 0.3) is 0 Å². The van der Waals surface area contributed by atoms with Crippen molar-refractivity contribution < 1.29 is 28.2 Å². The molecule has 1 atom stereocenters. The molecule has 0 radical (unpaired) electrons. The molecule has 0 aliphatic carbocycles. The van der Waals surface area contributed by atoms with Crippen LogP contribution in [0.3, 0.4) is 0 Å². The number of halogens is 2. The molecule has 1 N–H and O–H groups in total. The summed E-state index contributed by atoms with van der Waals surface area (Å²) in [6.45, 7) is 1.41. The number of carbonyl (C=O) groups is 2. The summed E-state index contributed by atoms with van der Waals surface area (Å²) in [5, 5.41) is 9.24. The highest BCUT2D eigenvalue weighted by molar-refractivity contribution is 5.97. The van der Waals surface area contributed by atoms with E-state index in [2.05, 4.69) is 0 Å². The Morgan fingerprint density at radius 3 is 2.41 bits per heavy atom. The zero-order chi connectivity index (χ0) is 19.9. The number of methoxy groups -OCH3 is 1. The Hall–Kier alpha value is -3.16. The van der Waals surface area contributed by atoms with Crippen molar-refractivity contribution in [3.63, 3.8) is 0 Å². The van der Waals surface area contributed by atoms with Gasteiger partial charge in [0.2, 0.25) is 0 Å². The molecule has 3 rings (SSSR count). The topological polar surface area (TPSA) is 70.1 Å². The number of hydrogen-bond acceptors (Lipinski definition) is 3. The average molecular weight is 376 g/mol. The fourth-order valence-electron chi connectivity index (χ4n) is 3.09. The molecule has 8 heteroatoms. The molecular formula is C19H18F2N2O4. The summed E-state index contributed by atoms with van der Waals surface area (Å²) >= 11 is 0. The average Bonchev–Trinajstić information content (AvgIpc) is 2.64. The van der Waals surface area contributed by atoms with Crippen LogP contribution >= 0.6 is 0 Å². The van der Waals surface area contributed by atoms with Gasteiger partial charge in [-0.15, -0.1) is 0 Å². The minimum atomic E-state index is -1.15. The summed E-state index contributed by atoms with van der Waals surface area (Å²) in [5.74, 6) is -2.83. The first-order chi connectivity index (χ1) is 12.7. The van der Waals surface area contributed by atoms with Crippen LogP contribution in [0.15, 0.2) is 30.3 Å². The second-order valence-corrected chi connectivity index (χ2v) is 6.30. The lowest BCUT2D eigenvalue weighted by atomic mass is 9.98. The molecule has 1 heterocycles. The second-order valence-electron chi connectivity index (χ2n) is 6.30. The Balaban J connectivity index is 2.10. The van der Waals surface area contributed by atoms with Gasteiger partial charge in [0.05, 0.1) is 30.9 Å². The number of ether oxygens (including phenoxy) is 1. The van der Waals surface area contributed by atoms with Crippen molar-refractivity contribution in [2.24, 2.45) is 0 Å². The number of nitrogens with zero attached hydrogens (tertiary/aromatic N) is 2. The molecule has 0 spiro atoms. The maximum absolute atomic E-state index is 14.4. The third kappa shape index (κ3) is 3.18. The van der Waals surface area contributed by atoms with E-state index in [-0.39, 0.29) is 29.5 Å².